The fraction of sp³-hybridized carbons (Fsp3) is 0.761. The van der Waals surface area contributed by atoms with Gasteiger partial charge in [0.05, 0.1) is 33.8 Å². The molecular formula is C67H121N2O7P. The monoisotopic (exact) mass is 1100 g/mol. The van der Waals surface area contributed by atoms with Crippen molar-refractivity contribution >= 4 is 19.7 Å². The van der Waals surface area contributed by atoms with Crippen molar-refractivity contribution in [3.05, 3.63) is 85.1 Å². The standard InChI is InChI=1S/C67H121N2O7P/c1-7-10-13-16-19-22-25-27-29-30-31-32-33-34-35-36-37-38-40-42-45-48-51-54-57-60-67(71)76-65(58-55-52-49-46-43-24-21-18-15-12-9-3)64(63-75-77(72,73)74-62-61-69(4,5)6)68-66(70)59-56-53-50-47-44-41-39-28-26-23-20-17-14-11-8-2/h11,14,17,19-20,22-23,26-27,29,31-32,55,58,64-65H,7-10,12-13,15-16,18,21,24-25,28,30,33-54,56-57,59-63H2,1-6H3,(H-,68,70,72,73)/b14-11+,20-17+,22-19-,26-23+,29-27-,32-31-,58-55-. The van der Waals surface area contributed by atoms with Gasteiger partial charge in [0.15, 0.2) is 0 Å². The molecule has 1 amide bonds. The lowest BCUT2D eigenvalue weighted by atomic mass is 10.0. The van der Waals surface area contributed by atoms with Gasteiger partial charge in [-0.2, -0.15) is 0 Å². The number of quaternary nitrogens is 1. The molecule has 0 radical (unpaired) electrons. The molecule has 77 heavy (non-hydrogen) atoms. The number of esters is 1. The summed E-state index contributed by atoms with van der Waals surface area (Å²) in [5.41, 5.74) is 0. The highest BCUT2D eigenvalue weighted by atomic mass is 31.2. The maximum atomic E-state index is 13.5. The highest BCUT2D eigenvalue weighted by Gasteiger charge is 2.27. The molecule has 0 aliphatic rings. The zero-order valence-electron chi connectivity index (χ0n) is 50.9. The van der Waals surface area contributed by atoms with E-state index in [1.54, 1.807) is 0 Å². The van der Waals surface area contributed by atoms with Crippen molar-refractivity contribution < 1.29 is 37.3 Å². The molecule has 0 fully saturated rings. The molecule has 0 aliphatic heterocycles. The molecule has 0 saturated carbocycles. The number of unbranched alkanes of at least 4 members (excludes halogenated alkanes) is 31. The SMILES string of the molecule is CC/C=C/C=C/C=C/CCCCCCCCCC(=O)NC(COP(=O)([O-])OCC[N+](C)(C)C)C(/C=C\CCCCCCCCCCC)OC(=O)CCCCCCCCCCCCCC/C=C\C/C=C\C/C=C\CCCCC. The summed E-state index contributed by atoms with van der Waals surface area (Å²) in [5.74, 6) is -0.557. The fourth-order valence-corrected chi connectivity index (χ4v) is 9.66. The molecule has 3 unspecified atom stereocenters. The molecular weight excluding hydrogens is 976 g/mol. The van der Waals surface area contributed by atoms with Gasteiger partial charge < -0.3 is 28.5 Å². The zero-order chi connectivity index (χ0) is 56.4. The van der Waals surface area contributed by atoms with Crippen LogP contribution in [-0.2, 0) is 27.9 Å². The molecule has 0 aliphatic carbocycles. The lowest BCUT2D eigenvalue weighted by Gasteiger charge is -2.30. The van der Waals surface area contributed by atoms with Crippen molar-refractivity contribution in [2.75, 3.05) is 40.9 Å². The van der Waals surface area contributed by atoms with Gasteiger partial charge in [0.2, 0.25) is 5.91 Å². The minimum absolute atomic E-state index is 0.0281. The average Bonchev–Trinajstić information content (AvgIpc) is 3.39. The molecule has 0 rings (SSSR count). The van der Waals surface area contributed by atoms with Crippen LogP contribution in [0, 0.1) is 0 Å². The Morgan fingerprint density at radius 1 is 0.481 bits per heavy atom. The first-order valence-corrected chi connectivity index (χ1v) is 33.4. The van der Waals surface area contributed by atoms with Crippen molar-refractivity contribution in [3.63, 3.8) is 0 Å². The maximum Gasteiger partial charge on any atom is 0.306 e. The quantitative estimate of drug-likeness (QED) is 0.0161. The van der Waals surface area contributed by atoms with E-state index in [4.69, 9.17) is 13.8 Å². The van der Waals surface area contributed by atoms with Crippen LogP contribution in [0.1, 0.15) is 278 Å². The van der Waals surface area contributed by atoms with Crippen LogP contribution in [0.5, 0.6) is 0 Å². The van der Waals surface area contributed by atoms with Crippen LogP contribution in [0.3, 0.4) is 0 Å². The second-order valence-corrected chi connectivity index (χ2v) is 24.0. The summed E-state index contributed by atoms with van der Waals surface area (Å²) >= 11 is 0. The third-order valence-corrected chi connectivity index (χ3v) is 14.8. The third-order valence-electron chi connectivity index (χ3n) is 13.9. The first-order chi connectivity index (χ1) is 37.4. The number of hydrogen-bond acceptors (Lipinski definition) is 7. The van der Waals surface area contributed by atoms with E-state index < -0.39 is 26.6 Å². The van der Waals surface area contributed by atoms with Crippen LogP contribution in [0.15, 0.2) is 85.1 Å². The van der Waals surface area contributed by atoms with Gasteiger partial charge in [0.25, 0.3) is 7.82 Å². The lowest BCUT2D eigenvalue weighted by molar-refractivity contribution is -0.870. The van der Waals surface area contributed by atoms with E-state index in [2.05, 4.69) is 99.0 Å². The van der Waals surface area contributed by atoms with Crippen LogP contribution in [0.25, 0.3) is 0 Å². The van der Waals surface area contributed by atoms with Gasteiger partial charge in [0, 0.05) is 12.8 Å². The van der Waals surface area contributed by atoms with Gasteiger partial charge >= 0.3 is 5.97 Å². The van der Waals surface area contributed by atoms with Crippen molar-refractivity contribution in [3.8, 4) is 0 Å². The van der Waals surface area contributed by atoms with Crippen LogP contribution in [-0.4, -0.2) is 69.4 Å². The Labute approximate surface area is 476 Å². The number of nitrogens with zero attached hydrogens (tertiary/aromatic N) is 1. The average molecular weight is 1100 g/mol. The minimum Gasteiger partial charge on any atom is -0.756 e. The van der Waals surface area contributed by atoms with Crippen molar-refractivity contribution in [1.29, 1.82) is 0 Å². The van der Waals surface area contributed by atoms with Crippen LogP contribution in [0.2, 0.25) is 0 Å². The van der Waals surface area contributed by atoms with E-state index in [1.165, 1.54) is 154 Å². The number of ether oxygens (including phenoxy) is 1. The molecule has 10 heteroatoms. The molecule has 3 atom stereocenters. The minimum atomic E-state index is -4.70. The molecule has 0 aromatic rings. The first kappa shape index (κ1) is 74.2. The molecule has 1 N–H and O–H groups in total. The Bertz CT molecular complexity index is 1590. The summed E-state index contributed by atoms with van der Waals surface area (Å²) in [7, 11) is 1.17. The summed E-state index contributed by atoms with van der Waals surface area (Å²) in [6.45, 7) is 6.67. The summed E-state index contributed by atoms with van der Waals surface area (Å²) in [6, 6.07) is -0.898. The largest absolute Gasteiger partial charge is 0.756 e. The van der Waals surface area contributed by atoms with E-state index in [9.17, 15) is 19.0 Å². The van der Waals surface area contributed by atoms with Crippen LogP contribution in [0.4, 0.5) is 0 Å². The second-order valence-electron chi connectivity index (χ2n) is 22.6. The highest BCUT2D eigenvalue weighted by Crippen LogP contribution is 2.38. The molecule has 0 aromatic carbocycles. The van der Waals surface area contributed by atoms with Crippen molar-refractivity contribution in [2.45, 2.75) is 290 Å². The van der Waals surface area contributed by atoms with Gasteiger partial charge in [-0.05, 0) is 89.5 Å². The molecule has 0 aromatic heterocycles. The van der Waals surface area contributed by atoms with Gasteiger partial charge in [-0.1, -0.05) is 260 Å². The Kier molecular flexibility index (Phi) is 54.4. The topological polar surface area (TPSA) is 114 Å². The maximum absolute atomic E-state index is 13.5. The third kappa shape index (κ3) is 57.7. The van der Waals surface area contributed by atoms with Crippen LogP contribution >= 0.6 is 7.82 Å². The number of carbonyl (C=O) groups excluding carboxylic acids is 2. The Morgan fingerprint density at radius 3 is 1.38 bits per heavy atom. The summed E-state index contributed by atoms with van der Waals surface area (Å²) in [6.07, 6.45) is 74.1. The molecule has 0 spiro atoms. The van der Waals surface area contributed by atoms with Gasteiger partial charge in [-0.15, -0.1) is 0 Å². The van der Waals surface area contributed by atoms with Crippen molar-refractivity contribution in [1.82, 2.24) is 5.32 Å². The number of allylic oxidation sites excluding steroid dienone is 13. The number of carbonyl (C=O) groups is 2. The first-order valence-electron chi connectivity index (χ1n) is 31.9. The van der Waals surface area contributed by atoms with Crippen LogP contribution < -0.4 is 10.2 Å². The normalized spacial score (nSPS) is 14.2. The van der Waals surface area contributed by atoms with Gasteiger partial charge in [0.1, 0.15) is 19.3 Å². The number of likely N-dealkylation sites (N-methyl/N-ethyl adjacent to an activating group) is 1. The Balaban J connectivity index is 5.10. The van der Waals surface area contributed by atoms with E-state index in [0.717, 1.165) is 89.9 Å². The number of phosphoric ester groups is 1. The van der Waals surface area contributed by atoms with E-state index in [0.29, 0.717) is 17.4 Å². The van der Waals surface area contributed by atoms with E-state index in [1.807, 2.05) is 33.3 Å². The zero-order valence-corrected chi connectivity index (χ0v) is 51.8. The van der Waals surface area contributed by atoms with E-state index in [-0.39, 0.29) is 24.9 Å². The van der Waals surface area contributed by atoms with E-state index >= 15 is 0 Å². The summed E-state index contributed by atoms with van der Waals surface area (Å²) in [5, 5.41) is 3.02. The molecule has 9 nitrogen and oxygen atoms in total. The van der Waals surface area contributed by atoms with Gasteiger partial charge in [-0.25, -0.2) is 0 Å². The number of hydrogen-bond donors (Lipinski definition) is 1. The summed E-state index contributed by atoms with van der Waals surface area (Å²) < 4.78 is 30.3. The predicted molar refractivity (Wildman–Crippen MR) is 330 cm³/mol. The lowest BCUT2D eigenvalue weighted by Crippen LogP contribution is -2.47. The van der Waals surface area contributed by atoms with Crippen molar-refractivity contribution in [2.24, 2.45) is 0 Å². The Hall–Kier alpha value is -2.81. The second kappa shape index (κ2) is 56.5. The summed E-state index contributed by atoms with van der Waals surface area (Å²) in [4.78, 5) is 40.0. The molecule has 0 heterocycles. The number of nitrogens with one attached hydrogen (secondary N) is 1. The smallest absolute Gasteiger partial charge is 0.306 e. The number of phosphoric acid groups is 1. The predicted octanol–water partition coefficient (Wildman–Crippen LogP) is 19.1. The molecule has 0 bridgehead atoms. The Morgan fingerprint density at radius 2 is 0.883 bits per heavy atom. The van der Waals surface area contributed by atoms with Gasteiger partial charge in [-0.3, -0.25) is 14.2 Å². The number of rotatable bonds is 57. The highest BCUT2D eigenvalue weighted by molar-refractivity contribution is 7.45. The number of amides is 1. The molecule has 0 saturated heterocycles. The fourth-order valence-electron chi connectivity index (χ4n) is 8.94. The molecule has 446 valence electrons.